The maximum absolute atomic E-state index is 14.2. The highest BCUT2D eigenvalue weighted by atomic mass is 35.5. The van der Waals surface area contributed by atoms with E-state index in [4.69, 9.17) is 11.6 Å². The average molecular weight is 406 g/mol. The lowest BCUT2D eigenvalue weighted by Crippen LogP contribution is -2.33. The second-order valence-electron chi connectivity index (χ2n) is 6.52. The highest BCUT2D eigenvalue weighted by Crippen LogP contribution is 2.36. The number of allylic oxidation sites excluding steroid dienone is 2. The van der Waals surface area contributed by atoms with Gasteiger partial charge in [0.2, 0.25) is 5.78 Å². The Bertz CT molecular complexity index is 930. The van der Waals surface area contributed by atoms with Gasteiger partial charge in [-0.2, -0.15) is 0 Å². The molecule has 1 saturated heterocycles. The summed E-state index contributed by atoms with van der Waals surface area (Å²) in [5, 5.41) is 3.48. The summed E-state index contributed by atoms with van der Waals surface area (Å²) >= 11 is 7.07. The minimum Gasteiger partial charge on any atom is -0.380 e. The van der Waals surface area contributed by atoms with E-state index in [9.17, 15) is 14.0 Å². The fraction of sp³-hybridized carbons (Fsp3) is 0.316. The largest absolute Gasteiger partial charge is 0.380 e. The predicted octanol–water partition coefficient (Wildman–Crippen LogP) is 3.55. The first kappa shape index (κ1) is 18.3. The molecule has 0 atom stereocenters. The number of ketones is 2. The molecule has 140 valence electrons. The standard InChI is InChI=1S/C19H17ClFN3O2S/c20-11-4-3-5-12(21)15(11)19-23-16-17(26)13(10-14(25)18(16)27-19)22-6-9-24-7-1-2-8-24/h3-5,10,22H,1-2,6-9H2. The number of likely N-dealkylation sites (tertiary alicyclic amines) is 1. The molecule has 1 aliphatic heterocycles. The number of nitrogens with zero attached hydrogens (tertiary/aromatic N) is 2. The maximum atomic E-state index is 14.2. The van der Waals surface area contributed by atoms with E-state index in [-0.39, 0.29) is 43.4 Å². The van der Waals surface area contributed by atoms with Crippen LogP contribution in [0.15, 0.2) is 30.0 Å². The molecular weight excluding hydrogens is 389 g/mol. The zero-order chi connectivity index (χ0) is 19.0. The Labute approximate surface area is 164 Å². The van der Waals surface area contributed by atoms with Crippen molar-refractivity contribution < 1.29 is 14.0 Å². The monoisotopic (exact) mass is 405 g/mol. The molecule has 0 unspecified atom stereocenters. The Morgan fingerprint density at radius 1 is 1.26 bits per heavy atom. The summed E-state index contributed by atoms with van der Waals surface area (Å²) in [6.45, 7) is 3.53. The number of carbonyl (C=O) groups is 2. The van der Waals surface area contributed by atoms with Crippen LogP contribution < -0.4 is 5.32 Å². The topological polar surface area (TPSA) is 62.3 Å². The Kier molecular flexibility index (Phi) is 5.08. The molecule has 8 heteroatoms. The van der Waals surface area contributed by atoms with E-state index < -0.39 is 5.82 Å². The van der Waals surface area contributed by atoms with E-state index in [0.717, 1.165) is 31.0 Å². The van der Waals surface area contributed by atoms with Crippen molar-refractivity contribution in [2.24, 2.45) is 0 Å². The highest BCUT2D eigenvalue weighted by Gasteiger charge is 2.31. The van der Waals surface area contributed by atoms with Gasteiger partial charge < -0.3 is 10.2 Å². The number of aromatic nitrogens is 1. The van der Waals surface area contributed by atoms with Gasteiger partial charge in [-0.1, -0.05) is 17.7 Å². The minimum atomic E-state index is -0.537. The first-order valence-corrected chi connectivity index (χ1v) is 9.96. The Morgan fingerprint density at radius 2 is 2.04 bits per heavy atom. The summed E-state index contributed by atoms with van der Waals surface area (Å²) in [5.41, 5.74) is 0.413. The first-order chi connectivity index (χ1) is 13.0. The number of rotatable bonds is 5. The minimum absolute atomic E-state index is 0.0606. The molecule has 1 aromatic carbocycles. The molecule has 2 aromatic rings. The molecule has 1 N–H and O–H groups in total. The van der Waals surface area contributed by atoms with Crippen LogP contribution in [0.2, 0.25) is 5.02 Å². The molecule has 2 heterocycles. The third-order valence-corrected chi connectivity index (χ3v) is 6.11. The zero-order valence-corrected chi connectivity index (χ0v) is 16.0. The number of carbonyl (C=O) groups excluding carboxylic acids is 2. The first-order valence-electron chi connectivity index (χ1n) is 8.77. The fourth-order valence-corrected chi connectivity index (χ4v) is 4.67. The van der Waals surface area contributed by atoms with Crippen molar-refractivity contribution >= 4 is 34.5 Å². The molecule has 4 rings (SSSR count). The lowest BCUT2D eigenvalue weighted by atomic mass is 10.0. The van der Waals surface area contributed by atoms with Crippen LogP contribution >= 0.6 is 22.9 Å². The molecule has 1 aliphatic carbocycles. The lowest BCUT2D eigenvalue weighted by molar-refractivity contribution is 0.0977. The van der Waals surface area contributed by atoms with Crippen molar-refractivity contribution in [3.8, 4) is 10.6 Å². The maximum Gasteiger partial charge on any atom is 0.228 e. The van der Waals surface area contributed by atoms with E-state index in [2.05, 4.69) is 15.2 Å². The van der Waals surface area contributed by atoms with Gasteiger partial charge in [-0.15, -0.1) is 11.3 Å². The number of halogens is 2. The van der Waals surface area contributed by atoms with Crippen molar-refractivity contribution in [1.82, 2.24) is 15.2 Å². The summed E-state index contributed by atoms with van der Waals surface area (Å²) in [6.07, 6.45) is 3.70. The molecule has 2 aliphatic rings. The Hall–Kier alpha value is -2.09. The second kappa shape index (κ2) is 7.50. The zero-order valence-electron chi connectivity index (χ0n) is 14.4. The Morgan fingerprint density at radius 3 is 2.78 bits per heavy atom. The number of fused-ring (bicyclic) bond motifs is 1. The van der Waals surface area contributed by atoms with Crippen molar-refractivity contribution in [3.63, 3.8) is 0 Å². The van der Waals surface area contributed by atoms with E-state index in [1.807, 2.05) is 0 Å². The van der Waals surface area contributed by atoms with Crippen LogP contribution in [0.1, 0.15) is 33.0 Å². The highest BCUT2D eigenvalue weighted by molar-refractivity contribution is 7.17. The predicted molar refractivity (Wildman–Crippen MR) is 103 cm³/mol. The van der Waals surface area contributed by atoms with E-state index >= 15 is 0 Å². The second-order valence-corrected chi connectivity index (χ2v) is 7.93. The van der Waals surface area contributed by atoms with Gasteiger partial charge >= 0.3 is 0 Å². The van der Waals surface area contributed by atoms with E-state index in [1.165, 1.54) is 31.1 Å². The molecule has 5 nitrogen and oxygen atoms in total. The fourth-order valence-electron chi connectivity index (χ4n) is 3.33. The quantitative estimate of drug-likeness (QED) is 0.824. The summed E-state index contributed by atoms with van der Waals surface area (Å²) in [6, 6.07) is 4.32. The summed E-state index contributed by atoms with van der Waals surface area (Å²) in [7, 11) is 0. The molecular formula is C19H17ClFN3O2S. The summed E-state index contributed by atoms with van der Waals surface area (Å²) in [4.78, 5) is 31.9. The van der Waals surface area contributed by atoms with Crippen LogP contribution in [0.25, 0.3) is 10.6 Å². The molecule has 1 fully saturated rings. The van der Waals surface area contributed by atoms with Gasteiger partial charge in [0.15, 0.2) is 5.78 Å². The van der Waals surface area contributed by atoms with Gasteiger partial charge in [-0.3, -0.25) is 9.59 Å². The third-order valence-electron chi connectivity index (χ3n) is 4.70. The van der Waals surface area contributed by atoms with Gasteiger partial charge in [0.05, 0.1) is 16.3 Å². The van der Waals surface area contributed by atoms with E-state index in [0.29, 0.717) is 6.54 Å². The van der Waals surface area contributed by atoms with Gasteiger partial charge in [0, 0.05) is 19.2 Å². The average Bonchev–Trinajstić information content (AvgIpc) is 3.29. The number of benzene rings is 1. The van der Waals surface area contributed by atoms with Gasteiger partial charge in [0.1, 0.15) is 21.4 Å². The van der Waals surface area contributed by atoms with Crippen LogP contribution in [-0.4, -0.2) is 47.6 Å². The lowest BCUT2D eigenvalue weighted by Gasteiger charge is -2.17. The summed E-state index contributed by atoms with van der Waals surface area (Å²) < 4.78 is 14.2. The van der Waals surface area contributed by atoms with Gasteiger partial charge in [0.25, 0.3) is 0 Å². The normalized spacial score (nSPS) is 17.2. The van der Waals surface area contributed by atoms with Crippen LogP contribution in [0.4, 0.5) is 4.39 Å². The SMILES string of the molecule is O=C1C(NCCN2CCCC2)=CC(=O)c2sc(-c3c(F)cccc3Cl)nc21. The van der Waals surface area contributed by atoms with Gasteiger partial charge in [-0.25, -0.2) is 9.37 Å². The number of Topliss-reactive ketones (excluding diaryl/α,β-unsaturated/α-hetero) is 1. The molecule has 0 saturated carbocycles. The van der Waals surface area contributed by atoms with Gasteiger partial charge in [-0.05, 0) is 38.1 Å². The van der Waals surface area contributed by atoms with Crippen LogP contribution in [0, 0.1) is 5.82 Å². The van der Waals surface area contributed by atoms with Crippen LogP contribution in [0.3, 0.4) is 0 Å². The van der Waals surface area contributed by atoms with Crippen LogP contribution in [0.5, 0.6) is 0 Å². The van der Waals surface area contributed by atoms with Crippen molar-refractivity contribution in [2.75, 3.05) is 26.2 Å². The number of hydrogen-bond donors (Lipinski definition) is 1. The van der Waals surface area contributed by atoms with Crippen molar-refractivity contribution in [2.45, 2.75) is 12.8 Å². The van der Waals surface area contributed by atoms with Crippen molar-refractivity contribution in [1.29, 1.82) is 0 Å². The summed E-state index contributed by atoms with van der Waals surface area (Å²) in [5.74, 6) is -1.18. The number of thiazole rings is 1. The molecule has 0 spiro atoms. The molecule has 0 bridgehead atoms. The molecule has 0 amide bonds. The molecule has 0 radical (unpaired) electrons. The van der Waals surface area contributed by atoms with Crippen LogP contribution in [-0.2, 0) is 0 Å². The van der Waals surface area contributed by atoms with Crippen molar-refractivity contribution in [3.05, 3.63) is 51.4 Å². The van der Waals surface area contributed by atoms with E-state index in [1.54, 1.807) is 6.07 Å². The number of hydrogen-bond acceptors (Lipinski definition) is 6. The molecule has 1 aromatic heterocycles. The molecule has 27 heavy (non-hydrogen) atoms. The smallest absolute Gasteiger partial charge is 0.228 e. The number of nitrogens with one attached hydrogen (secondary N) is 1. The third kappa shape index (κ3) is 3.54. The Balaban J connectivity index is 1.55.